The zero-order valence-corrected chi connectivity index (χ0v) is 22.3. The van der Waals surface area contributed by atoms with Crippen molar-refractivity contribution < 1.29 is 23.5 Å². The summed E-state index contributed by atoms with van der Waals surface area (Å²) in [5.41, 5.74) is 3.17. The van der Waals surface area contributed by atoms with Crippen molar-refractivity contribution >= 4 is 40.9 Å². The molecule has 1 aliphatic rings. The molecule has 198 valence electrons. The number of dihydropyridines is 1. The van der Waals surface area contributed by atoms with Crippen LogP contribution in [0.4, 0.5) is 11.4 Å². The van der Waals surface area contributed by atoms with Crippen molar-refractivity contribution in [1.82, 2.24) is 5.32 Å². The van der Waals surface area contributed by atoms with Gasteiger partial charge in [0.05, 0.1) is 58.5 Å². The molecule has 1 atom stereocenters. The van der Waals surface area contributed by atoms with Crippen LogP contribution in [-0.4, -0.2) is 30.6 Å². The molecule has 0 bridgehead atoms. The van der Waals surface area contributed by atoms with Gasteiger partial charge in [0.15, 0.2) is 0 Å². The fourth-order valence-electron chi connectivity index (χ4n) is 4.11. The van der Waals surface area contributed by atoms with Gasteiger partial charge in [-0.15, -0.1) is 0 Å². The highest BCUT2D eigenvalue weighted by Gasteiger charge is 2.37. The fourth-order valence-corrected chi connectivity index (χ4v) is 5.00. The van der Waals surface area contributed by atoms with Gasteiger partial charge in [-0.1, -0.05) is 41.6 Å². The maximum absolute atomic E-state index is 13.6. The van der Waals surface area contributed by atoms with Gasteiger partial charge in [0.2, 0.25) is 5.91 Å². The third-order valence-corrected chi connectivity index (χ3v) is 7.00. The van der Waals surface area contributed by atoms with Crippen LogP contribution < -0.4 is 16.0 Å². The van der Waals surface area contributed by atoms with Crippen molar-refractivity contribution in [3.63, 3.8) is 0 Å². The number of allylic oxidation sites excluding steroid dienone is 2. The number of ether oxygens (including phenoxy) is 1. The first-order valence-electron chi connectivity index (χ1n) is 12.0. The third-order valence-electron chi connectivity index (χ3n) is 5.98. The minimum atomic E-state index is -0.834. The third kappa shape index (κ3) is 6.22. The minimum Gasteiger partial charge on any atom is -0.468 e. The molecule has 2 amide bonds. The first kappa shape index (κ1) is 27.3. The molecular weight excluding hydrogens is 516 g/mol. The lowest BCUT2D eigenvalue weighted by molar-refractivity contribution is -0.114. The molecule has 4 rings (SSSR count). The van der Waals surface area contributed by atoms with E-state index in [1.807, 2.05) is 31.2 Å². The number of carbonyl (C=O) groups excluding carboxylic acids is 3. The number of carbonyl (C=O) groups is 3. The van der Waals surface area contributed by atoms with E-state index in [-0.39, 0.29) is 34.1 Å². The van der Waals surface area contributed by atoms with Crippen molar-refractivity contribution in [1.29, 1.82) is 5.26 Å². The highest BCUT2D eigenvalue weighted by Crippen LogP contribution is 2.41. The second-order valence-electron chi connectivity index (χ2n) is 8.66. The summed E-state index contributed by atoms with van der Waals surface area (Å²) in [5.74, 6) is -1.77. The van der Waals surface area contributed by atoms with Crippen molar-refractivity contribution in [2.45, 2.75) is 19.8 Å². The number of anilines is 2. The van der Waals surface area contributed by atoms with Gasteiger partial charge in [-0.3, -0.25) is 9.59 Å². The average Bonchev–Trinajstić information content (AvgIpc) is 3.47. The molecule has 1 aliphatic heterocycles. The van der Waals surface area contributed by atoms with Crippen LogP contribution in [-0.2, 0) is 14.3 Å². The van der Waals surface area contributed by atoms with Crippen LogP contribution in [0.1, 0.15) is 34.5 Å². The molecule has 0 radical (unpaired) electrons. The summed E-state index contributed by atoms with van der Waals surface area (Å²) in [7, 11) is 1.26. The molecule has 0 aliphatic carbocycles. The van der Waals surface area contributed by atoms with Gasteiger partial charge >= 0.3 is 5.97 Å². The number of esters is 1. The van der Waals surface area contributed by atoms with E-state index in [9.17, 15) is 19.6 Å². The van der Waals surface area contributed by atoms with Crippen molar-refractivity contribution in [3.05, 3.63) is 106 Å². The molecule has 0 saturated carbocycles. The number of aryl methyl sites for hydroxylation is 1. The quantitative estimate of drug-likeness (QED) is 0.336. The Labute approximate surface area is 229 Å². The van der Waals surface area contributed by atoms with Crippen molar-refractivity contribution in [3.8, 4) is 6.07 Å². The summed E-state index contributed by atoms with van der Waals surface area (Å²) in [5, 5.41) is 19.4. The number of nitrogens with zero attached hydrogens (tertiary/aromatic N) is 1. The first-order valence-corrected chi connectivity index (χ1v) is 12.9. The topological polar surface area (TPSA) is 133 Å². The van der Waals surface area contributed by atoms with Crippen LogP contribution in [0.15, 0.2) is 93.2 Å². The molecular formula is C29H26N4O5S. The summed E-state index contributed by atoms with van der Waals surface area (Å²) in [6, 6.07) is 19.5. The van der Waals surface area contributed by atoms with Crippen LogP contribution in [0.3, 0.4) is 0 Å². The zero-order chi connectivity index (χ0) is 27.9. The van der Waals surface area contributed by atoms with Gasteiger partial charge in [-0.25, -0.2) is 4.79 Å². The first-order chi connectivity index (χ1) is 18.8. The SMILES string of the molecule is COC(=O)c1ccccc1NC(=O)C1=C(C)NC(SCC(=O)Nc2ccc(C)cc2)=C(C#N)[C@@H]1c1ccco1. The van der Waals surface area contributed by atoms with E-state index in [0.29, 0.717) is 22.2 Å². The summed E-state index contributed by atoms with van der Waals surface area (Å²) < 4.78 is 10.5. The summed E-state index contributed by atoms with van der Waals surface area (Å²) in [6.07, 6.45) is 1.46. The molecule has 39 heavy (non-hydrogen) atoms. The number of hydrogen-bond donors (Lipinski definition) is 3. The Bertz CT molecular complexity index is 1500. The number of hydrogen-bond acceptors (Lipinski definition) is 8. The van der Waals surface area contributed by atoms with E-state index in [0.717, 1.165) is 17.3 Å². The van der Waals surface area contributed by atoms with Crippen LogP contribution in [0.25, 0.3) is 0 Å². The van der Waals surface area contributed by atoms with Crippen molar-refractivity contribution in [2.75, 3.05) is 23.5 Å². The number of benzene rings is 2. The molecule has 3 aromatic rings. The maximum atomic E-state index is 13.6. The zero-order valence-electron chi connectivity index (χ0n) is 21.5. The molecule has 0 fully saturated rings. The number of furan rings is 1. The Morgan fingerprint density at radius 1 is 1.05 bits per heavy atom. The molecule has 0 unspecified atom stereocenters. The number of amides is 2. The molecule has 2 aromatic carbocycles. The fraction of sp³-hybridized carbons (Fsp3) is 0.172. The van der Waals surface area contributed by atoms with Gasteiger partial charge in [0.1, 0.15) is 5.76 Å². The number of nitrogens with one attached hydrogen (secondary N) is 3. The van der Waals surface area contributed by atoms with Gasteiger partial charge in [-0.2, -0.15) is 5.26 Å². The lowest BCUT2D eigenvalue weighted by Crippen LogP contribution is -2.31. The predicted octanol–water partition coefficient (Wildman–Crippen LogP) is 5.08. The summed E-state index contributed by atoms with van der Waals surface area (Å²) >= 11 is 1.16. The van der Waals surface area contributed by atoms with Gasteiger partial charge < -0.3 is 25.1 Å². The Balaban J connectivity index is 1.60. The molecule has 9 nitrogen and oxygen atoms in total. The highest BCUT2D eigenvalue weighted by molar-refractivity contribution is 8.03. The minimum absolute atomic E-state index is 0.0353. The Morgan fingerprint density at radius 2 is 1.79 bits per heavy atom. The smallest absolute Gasteiger partial charge is 0.339 e. The molecule has 10 heteroatoms. The summed E-state index contributed by atoms with van der Waals surface area (Å²) in [6.45, 7) is 3.67. The molecule has 1 aromatic heterocycles. The lowest BCUT2D eigenvalue weighted by atomic mass is 9.85. The normalized spacial score (nSPS) is 14.8. The van der Waals surface area contributed by atoms with E-state index in [4.69, 9.17) is 9.15 Å². The monoisotopic (exact) mass is 542 g/mol. The van der Waals surface area contributed by atoms with Crippen LogP contribution in [0.2, 0.25) is 0 Å². The number of para-hydroxylation sites is 1. The number of rotatable bonds is 8. The number of thioether (sulfide) groups is 1. The number of methoxy groups -OCH3 is 1. The van der Waals surface area contributed by atoms with Crippen LogP contribution in [0, 0.1) is 18.3 Å². The predicted molar refractivity (Wildman–Crippen MR) is 149 cm³/mol. The molecule has 2 heterocycles. The van der Waals surface area contributed by atoms with Gasteiger partial charge in [-0.05, 0) is 50.2 Å². The lowest BCUT2D eigenvalue weighted by Gasteiger charge is -2.28. The highest BCUT2D eigenvalue weighted by atomic mass is 32.2. The second kappa shape index (κ2) is 12.2. The molecule has 0 spiro atoms. The Kier molecular flexibility index (Phi) is 8.53. The Hall–Kier alpha value is -4.75. The van der Waals surface area contributed by atoms with E-state index in [2.05, 4.69) is 22.0 Å². The van der Waals surface area contributed by atoms with E-state index in [1.54, 1.807) is 43.3 Å². The molecule has 0 saturated heterocycles. The Morgan fingerprint density at radius 3 is 2.46 bits per heavy atom. The maximum Gasteiger partial charge on any atom is 0.339 e. The van der Waals surface area contributed by atoms with Gasteiger partial charge in [0.25, 0.3) is 5.91 Å². The standard InChI is InChI=1S/C29H26N4O5S/c1-17-10-12-19(13-11-17)32-24(34)16-39-28-21(15-30)26(23-9-6-14-38-23)25(18(2)31-28)27(35)33-22-8-5-4-7-20(22)29(36)37-3/h4-14,26,31H,16H2,1-3H3,(H,32,34)(H,33,35)/t26-/m1/s1. The number of nitriles is 1. The van der Waals surface area contributed by atoms with E-state index in [1.165, 1.54) is 13.4 Å². The second-order valence-corrected chi connectivity index (χ2v) is 9.65. The van der Waals surface area contributed by atoms with Crippen molar-refractivity contribution in [2.24, 2.45) is 0 Å². The molecule has 3 N–H and O–H groups in total. The van der Waals surface area contributed by atoms with Crippen LogP contribution in [0.5, 0.6) is 0 Å². The van der Waals surface area contributed by atoms with E-state index < -0.39 is 17.8 Å². The summed E-state index contributed by atoms with van der Waals surface area (Å²) in [4.78, 5) is 38.4. The van der Waals surface area contributed by atoms with Crippen LogP contribution >= 0.6 is 11.8 Å². The average molecular weight is 543 g/mol. The largest absolute Gasteiger partial charge is 0.468 e. The van der Waals surface area contributed by atoms with E-state index >= 15 is 0 Å². The van der Waals surface area contributed by atoms with Gasteiger partial charge in [0, 0.05) is 11.4 Å².